The zero-order chi connectivity index (χ0) is 12.3. The quantitative estimate of drug-likeness (QED) is 0.902. The molecule has 1 N–H and O–H groups in total. The van der Waals surface area contributed by atoms with Crippen molar-refractivity contribution in [1.82, 2.24) is 0 Å². The second-order valence-electron chi connectivity index (χ2n) is 4.15. The summed E-state index contributed by atoms with van der Waals surface area (Å²) in [6.45, 7) is 1.07. The summed E-state index contributed by atoms with van der Waals surface area (Å²) in [5, 5.41) is 0. The maximum Gasteiger partial charge on any atom is 0.103 e. The van der Waals surface area contributed by atoms with Gasteiger partial charge in [-0.25, -0.2) is 0 Å². The van der Waals surface area contributed by atoms with Crippen molar-refractivity contribution in [3.8, 4) is 0 Å². The Morgan fingerprint density at radius 2 is 1.94 bits per heavy atom. The number of benzene rings is 1. The van der Waals surface area contributed by atoms with Crippen LogP contribution < -0.4 is 4.90 Å². The lowest BCUT2D eigenvalue weighted by Crippen LogP contribution is -3.04. The van der Waals surface area contributed by atoms with E-state index in [0.29, 0.717) is 0 Å². The highest BCUT2D eigenvalue weighted by Crippen LogP contribution is 2.36. The molecule has 0 saturated heterocycles. The monoisotopic (exact) mass is 328 g/mol. The standard InChI is InChI=1S/C13H14BrNS2/c1-15(2)9-10-5-3-4-6-11(10)16-13-8-7-12(14)17-13/h3-8H,9H2,1-2H3/p+1. The van der Waals surface area contributed by atoms with Gasteiger partial charge in [0.05, 0.1) is 22.1 Å². The van der Waals surface area contributed by atoms with Gasteiger partial charge in [-0.2, -0.15) is 0 Å². The van der Waals surface area contributed by atoms with Crippen molar-refractivity contribution in [2.24, 2.45) is 0 Å². The van der Waals surface area contributed by atoms with Crippen molar-refractivity contribution in [3.63, 3.8) is 0 Å². The second-order valence-corrected chi connectivity index (χ2v) is 7.96. The molecule has 0 aliphatic heterocycles. The summed E-state index contributed by atoms with van der Waals surface area (Å²) in [5.41, 5.74) is 1.42. The van der Waals surface area contributed by atoms with Crippen molar-refractivity contribution in [1.29, 1.82) is 0 Å². The van der Waals surface area contributed by atoms with Gasteiger partial charge < -0.3 is 4.90 Å². The summed E-state index contributed by atoms with van der Waals surface area (Å²) < 4.78 is 2.52. The topological polar surface area (TPSA) is 4.44 Å². The van der Waals surface area contributed by atoms with Gasteiger partial charge in [-0.3, -0.25) is 0 Å². The molecule has 0 radical (unpaired) electrons. The van der Waals surface area contributed by atoms with E-state index < -0.39 is 0 Å². The Bertz CT molecular complexity index is 494. The van der Waals surface area contributed by atoms with Crippen LogP contribution in [0.25, 0.3) is 0 Å². The molecule has 17 heavy (non-hydrogen) atoms. The van der Waals surface area contributed by atoms with Crippen LogP contribution in [-0.4, -0.2) is 14.1 Å². The first kappa shape index (κ1) is 13.1. The summed E-state index contributed by atoms with van der Waals surface area (Å²) >= 11 is 7.14. The zero-order valence-corrected chi connectivity index (χ0v) is 13.1. The van der Waals surface area contributed by atoms with E-state index in [9.17, 15) is 0 Å². The van der Waals surface area contributed by atoms with Crippen LogP contribution in [0.5, 0.6) is 0 Å². The summed E-state index contributed by atoms with van der Waals surface area (Å²) in [6.07, 6.45) is 0. The minimum Gasteiger partial charge on any atom is -0.336 e. The highest BCUT2D eigenvalue weighted by Gasteiger charge is 2.08. The minimum absolute atomic E-state index is 1.07. The van der Waals surface area contributed by atoms with E-state index in [2.05, 4.69) is 66.4 Å². The molecule has 0 unspecified atom stereocenters. The van der Waals surface area contributed by atoms with Gasteiger partial charge in [0.15, 0.2) is 0 Å². The average molecular weight is 329 g/mol. The normalized spacial score (nSPS) is 11.1. The van der Waals surface area contributed by atoms with Gasteiger partial charge in [-0.15, -0.1) is 11.3 Å². The first-order valence-electron chi connectivity index (χ1n) is 5.45. The van der Waals surface area contributed by atoms with Gasteiger partial charge in [-0.05, 0) is 34.1 Å². The fraction of sp³-hybridized carbons (Fsp3) is 0.231. The number of quaternary nitrogens is 1. The molecule has 0 saturated carbocycles. The Balaban J connectivity index is 2.20. The van der Waals surface area contributed by atoms with Gasteiger partial charge in [0.25, 0.3) is 0 Å². The molecule has 0 atom stereocenters. The SMILES string of the molecule is C[NH+](C)Cc1ccccc1Sc1ccc(Br)s1. The number of rotatable bonds is 4. The van der Waals surface area contributed by atoms with E-state index in [1.165, 1.54) is 23.4 Å². The molecule has 4 heteroatoms. The third kappa shape index (κ3) is 3.85. The van der Waals surface area contributed by atoms with Crippen LogP contribution in [-0.2, 0) is 6.54 Å². The predicted molar refractivity (Wildman–Crippen MR) is 79.1 cm³/mol. The number of hydrogen-bond acceptors (Lipinski definition) is 2. The molecular weight excluding hydrogens is 314 g/mol. The average Bonchev–Trinajstić information content (AvgIpc) is 2.66. The number of hydrogen-bond donors (Lipinski definition) is 1. The van der Waals surface area contributed by atoms with Gasteiger partial charge in [0.2, 0.25) is 0 Å². The van der Waals surface area contributed by atoms with E-state index in [1.54, 1.807) is 11.3 Å². The first-order valence-corrected chi connectivity index (χ1v) is 7.88. The van der Waals surface area contributed by atoms with Crippen molar-refractivity contribution in [2.45, 2.75) is 15.6 Å². The number of halogens is 1. The maximum atomic E-state index is 3.51. The molecule has 90 valence electrons. The van der Waals surface area contributed by atoms with Gasteiger partial charge in [0.1, 0.15) is 6.54 Å². The highest BCUT2D eigenvalue weighted by molar-refractivity contribution is 9.11. The molecule has 2 rings (SSSR count). The van der Waals surface area contributed by atoms with Crippen LogP contribution >= 0.6 is 39.0 Å². The first-order chi connectivity index (χ1) is 8.15. The Labute approximate surface area is 119 Å². The van der Waals surface area contributed by atoms with Gasteiger partial charge >= 0.3 is 0 Å². The largest absolute Gasteiger partial charge is 0.336 e. The smallest absolute Gasteiger partial charge is 0.103 e. The molecule has 0 amide bonds. The molecule has 0 aliphatic rings. The van der Waals surface area contributed by atoms with Crippen LogP contribution in [0, 0.1) is 0 Å². The third-order valence-electron chi connectivity index (χ3n) is 2.28. The summed E-state index contributed by atoms with van der Waals surface area (Å²) in [7, 11) is 4.37. The fourth-order valence-electron chi connectivity index (χ4n) is 1.59. The van der Waals surface area contributed by atoms with Crippen molar-refractivity contribution >= 4 is 39.0 Å². The third-order valence-corrected chi connectivity index (χ3v) is 5.15. The molecular formula is C13H15BrNS2+. The molecule has 1 heterocycles. The van der Waals surface area contributed by atoms with E-state index in [-0.39, 0.29) is 0 Å². The molecule has 2 aromatic rings. The summed E-state index contributed by atoms with van der Waals surface area (Å²) in [6, 6.07) is 12.9. The van der Waals surface area contributed by atoms with Crippen molar-refractivity contribution in [2.75, 3.05) is 14.1 Å². The summed E-state index contributed by atoms with van der Waals surface area (Å²) in [5.74, 6) is 0. The van der Waals surface area contributed by atoms with Crippen LogP contribution in [0.4, 0.5) is 0 Å². The summed E-state index contributed by atoms with van der Waals surface area (Å²) in [4.78, 5) is 2.81. The lowest BCUT2D eigenvalue weighted by molar-refractivity contribution is -0.872. The van der Waals surface area contributed by atoms with E-state index in [4.69, 9.17) is 0 Å². The molecule has 0 spiro atoms. The Morgan fingerprint density at radius 3 is 2.59 bits per heavy atom. The van der Waals surface area contributed by atoms with Crippen LogP contribution in [0.3, 0.4) is 0 Å². The lowest BCUT2D eigenvalue weighted by atomic mass is 10.2. The van der Waals surface area contributed by atoms with E-state index in [1.807, 2.05) is 11.8 Å². The number of thiophene rings is 1. The zero-order valence-electron chi connectivity index (χ0n) is 9.87. The van der Waals surface area contributed by atoms with Crippen molar-refractivity contribution in [3.05, 3.63) is 45.7 Å². The van der Waals surface area contributed by atoms with Crippen molar-refractivity contribution < 1.29 is 4.90 Å². The molecule has 1 aromatic heterocycles. The van der Waals surface area contributed by atoms with Crippen LogP contribution in [0.2, 0.25) is 0 Å². The molecule has 1 nitrogen and oxygen atoms in total. The van der Waals surface area contributed by atoms with Gasteiger partial charge in [-0.1, -0.05) is 30.0 Å². The Hall–Kier alpha value is -0.290. The lowest BCUT2D eigenvalue weighted by Gasteiger charge is -2.10. The molecule has 0 aliphatic carbocycles. The van der Waals surface area contributed by atoms with Crippen LogP contribution in [0.1, 0.15) is 5.56 Å². The number of nitrogens with one attached hydrogen (secondary N) is 1. The minimum atomic E-state index is 1.07. The maximum absolute atomic E-state index is 3.51. The Kier molecular flexibility index (Phi) is 4.68. The predicted octanol–water partition coefficient (Wildman–Crippen LogP) is 3.31. The second kappa shape index (κ2) is 6.05. The van der Waals surface area contributed by atoms with Crippen LogP contribution in [0.15, 0.2) is 49.3 Å². The molecule has 0 bridgehead atoms. The highest BCUT2D eigenvalue weighted by atomic mass is 79.9. The van der Waals surface area contributed by atoms with E-state index >= 15 is 0 Å². The molecule has 1 aromatic carbocycles. The fourth-order valence-corrected chi connectivity index (χ4v) is 4.51. The Morgan fingerprint density at radius 1 is 1.18 bits per heavy atom. The van der Waals surface area contributed by atoms with E-state index in [0.717, 1.165) is 6.54 Å². The molecule has 0 fully saturated rings. The van der Waals surface area contributed by atoms with Gasteiger partial charge in [0, 0.05) is 10.5 Å².